The molecule has 9 nitrogen and oxygen atoms in total. The third kappa shape index (κ3) is 11.7. The van der Waals surface area contributed by atoms with Gasteiger partial charge in [-0.2, -0.15) is 26.3 Å². The van der Waals surface area contributed by atoms with Crippen LogP contribution in [0.4, 0.5) is 26.3 Å². The second-order valence-corrected chi connectivity index (χ2v) is 8.86. The Morgan fingerprint density at radius 2 is 1.46 bits per heavy atom. The highest BCUT2D eigenvalue weighted by molar-refractivity contribution is 5.94. The minimum absolute atomic E-state index is 0.0758. The fourth-order valence-corrected chi connectivity index (χ4v) is 3.09. The SMILES string of the molecule is Cc1cnc(CNC(=O)c2ccc(C3CC3NCC3CC3)cc2)cn1.O=C(O)C(F)(F)F.O=C(O)C(F)(F)F. The number of hydrogen-bond acceptors (Lipinski definition) is 6. The van der Waals surface area contributed by atoms with Crippen molar-refractivity contribution in [3.63, 3.8) is 0 Å². The van der Waals surface area contributed by atoms with E-state index < -0.39 is 24.3 Å². The van der Waals surface area contributed by atoms with E-state index in [1.54, 1.807) is 12.4 Å². The largest absolute Gasteiger partial charge is 0.490 e. The maximum atomic E-state index is 12.3. The second kappa shape index (κ2) is 13.4. The minimum Gasteiger partial charge on any atom is -0.475 e. The van der Waals surface area contributed by atoms with Gasteiger partial charge in [0.05, 0.1) is 24.1 Å². The molecule has 4 rings (SSSR count). The van der Waals surface area contributed by atoms with Crippen LogP contribution in [0.1, 0.15) is 52.5 Å². The van der Waals surface area contributed by atoms with Crippen molar-refractivity contribution in [3.8, 4) is 0 Å². The number of hydrogen-bond donors (Lipinski definition) is 4. The Labute approximate surface area is 218 Å². The molecule has 2 aliphatic rings. The molecule has 4 N–H and O–H groups in total. The number of aromatic nitrogens is 2. The van der Waals surface area contributed by atoms with Crippen molar-refractivity contribution >= 4 is 17.8 Å². The summed E-state index contributed by atoms with van der Waals surface area (Å²) in [6.07, 6.45) is -2.77. The van der Waals surface area contributed by atoms with Gasteiger partial charge in [-0.15, -0.1) is 0 Å². The van der Waals surface area contributed by atoms with Gasteiger partial charge < -0.3 is 20.8 Å². The van der Waals surface area contributed by atoms with Crippen molar-refractivity contribution in [2.45, 2.75) is 57.0 Å². The van der Waals surface area contributed by atoms with Crippen LogP contribution in [0.15, 0.2) is 36.7 Å². The van der Waals surface area contributed by atoms with Crippen molar-refractivity contribution in [1.82, 2.24) is 20.6 Å². The quantitative estimate of drug-likeness (QED) is 0.372. The van der Waals surface area contributed by atoms with Crippen LogP contribution in [-0.4, -0.2) is 63.0 Å². The Kier molecular flexibility index (Phi) is 10.8. The molecule has 0 spiro atoms. The van der Waals surface area contributed by atoms with Crippen LogP contribution in [0.3, 0.4) is 0 Å². The highest BCUT2D eigenvalue weighted by Crippen LogP contribution is 2.41. The summed E-state index contributed by atoms with van der Waals surface area (Å²) in [7, 11) is 0. The monoisotopic (exact) mass is 564 g/mol. The highest BCUT2D eigenvalue weighted by atomic mass is 19.4. The van der Waals surface area contributed by atoms with E-state index in [9.17, 15) is 31.1 Å². The molecule has 2 unspecified atom stereocenters. The summed E-state index contributed by atoms with van der Waals surface area (Å²) >= 11 is 0. The molecule has 1 heterocycles. The number of nitrogens with one attached hydrogen (secondary N) is 2. The summed E-state index contributed by atoms with van der Waals surface area (Å²) in [5.74, 6) is -4.06. The van der Waals surface area contributed by atoms with Gasteiger partial charge in [0, 0.05) is 23.7 Å². The average Bonchev–Trinajstić information content (AvgIpc) is 3.77. The maximum Gasteiger partial charge on any atom is 0.490 e. The molecule has 0 aliphatic heterocycles. The number of aliphatic carboxylic acids is 2. The van der Waals surface area contributed by atoms with Gasteiger partial charge in [0.25, 0.3) is 5.91 Å². The molecule has 0 bridgehead atoms. The third-order valence-corrected chi connectivity index (χ3v) is 5.51. The van der Waals surface area contributed by atoms with Crippen molar-refractivity contribution in [2.24, 2.45) is 5.92 Å². The molecule has 2 saturated carbocycles. The van der Waals surface area contributed by atoms with Crippen molar-refractivity contribution in [2.75, 3.05) is 6.54 Å². The van der Waals surface area contributed by atoms with E-state index >= 15 is 0 Å². The van der Waals surface area contributed by atoms with E-state index in [-0.39, 0.29) is 5.91 Å². The van der Waals surface area contributed by atoms with Gasteiger partial charge in [0.15, 0.2) is 0 Å². The zero-order valence-electron chi connectivity index (χ0n) is 20.5. The summed E-state index contributed by atoms with van der Waals surface area (Å²) < 4.78 is 63.5. The molecule has 1 aromatic carbocycles. The van der Waals surface area contributed by atoms with Crippen LogP contribution in [-0.2, 0) is 16.1 Å². The van der Waals surface area contributed by atoms with Crippen LogP contribution in [0.2, 0.25) is 0 Å². The lowest BCUT2D eigenvalue weighted by Crippen LogP contribution is -2.23. The van der Waals surface area contributed by atoms with Crippen LogP contribution in [0.25, 0.3) is 0 Å². The Bertz CT molecular complexity index is 1100. The lowest BCUT2D eigenvalue weighted by Gasteiger charge is -2.07. The van der Waals surface area contributed by atoms with Crippen molar-refractivity contribution in [1.29, 1.82) is 0 Å². The van der Waals surface area contributed by atoms with E-state index in [0.29, 0.717) is 24.1 Å². The molecule has 2 aromatic rings. The predicted molar refractivity (Wildman–Crippen MR) is 124 cm³/mol. The van der Waals surface area contributed by atoms with Gasteiger partial charge in [-0.25, -0.2) is 9.59 Å². The fraction of sp³-hybridized carbons (Fsp3) is 0.458. The predicted octanol–water partition coefficient (Wildman–Crippen LogP) is 3.84. The second-order valence-electron chi connectivity index (χ2n) is 8.86. The standard InChI is InChI=1S/C20H24N4O.2C2HF3O2/c1-13-9-22-17(11-21-13)12-24-20(25)16-6-4-15(5-7-16)18-8-19(18)23-10-14-2-3-14;2*3-2(4,5)1(6)7/h4-7,9,11,14,18-19,23H,2-3,8,10,12H2,1H3,(H,24,25);2*(H,6,7). The summed E-state index contributed by atoms with van der Waals surface area (Å²) in [5.41, 5.74) is 3.65. The normalized spacial score (nSPS) is 18.0. The first-order chi connectivity index (χ1) is 18.1. The Hall–Kier alpha value is -3.75. The Morgan fingerprint density at radius 3 is 1.90 bits per heavy atom. The van der Waals surface area contributed by atoms with Gasteiger partial charge in [-0.1, -0.05) is 12.1 Å². The number of rotatable bonds is 7. The molecule has 1 aromatic heterocycles. The minimum atomic E-state index is -5.08. The maximum absolute atomic E-state index is 12.3. The summed E-state index contributed by atoms with van der Waals surface area (Å²) in [6, 6.07) is 8.64. The molecule has 0 saturated heterocycles. The molecule has 1 amide bonds. The molecular weight excluding hydrogens is 538 g/mol. The van der Waals surface area contributed by atoms with E-state index in [1.807, 2.05) is 19.1 Å². The summed E-state index contributed by atoms with van der Waals surface area (Å²) in [5, 5.41) is 20.8. The van der Waals surface area contributed by atoms with Crippen LogP contribution >= 0.6 is 0 Å². The van der Waals surface area contributed by atoms with Gasteiger partial charge >= 0.3 is 24.3 Å². The molecule has 0 radical (unpaired) electrons. The molecule has 2 atom stereocenters. The van der Waals surface area contributed by atoms with Gasteiger partial charge in [0.2, 0.25) is 0 Å². The fourth-order valence-electron chi connectivity index (χ4n) is 3.09. The van der Waals surface area contributed by atoms with E-state index in [2.05, 4.69) is 32.7 Å². The number of aryl methyl sites for hydroxylation is 1. The topological polar surface area (TPSA) is 142 Å². The third-order valence-electron chi connectivity index (χ3n) is 5.51. The molecule has 214 valence electrons. The van der Waals surface area contributed by atoms with Crippen molar-refractivity contribution in [3.05, 3.63) is 59.2 Å². The summed E-state index contributed by atoms with van der Waals surface area (Å²) in [4.78, 5) is 38.5. The smallest absolute Gasteiger partial charge is 0.475 e. The van der Waals surface area contributed by atoms with Crippen LogP contribution in [0, 0.1) is 12.8 Å². The number of halogens is 6. The number of alkyl halides is 6. The molecular formula is C24H26F6N4O5. The van der Waals surface area contributed by atoms with Crippen molar-refractivity contribution < 1.29 is 50.9 Å². The van der Waals surface area contributed by atoms with Gasteiger partial charge in [-0.05, 0) is 56.3 Å². The first-order valence-electron chi connectivity index (χ1n) is 11.6. The number of carboxylic acid groups (broad SMARTS) is 2. The number of benzene rings is 1. The lowest BCUT2D eigenvalue weighted by molar-refractivity contribution is -0.193. The van der Waals surface area contributed by atoms with Crippen LogP contribution < -0.4 is 10.6 Å². The Balaban J connectivity index is 0.000000317. The Morgan fingerprint density at radius 1 is 0.923 bits per heavy atom. The molecule has 2 fully saturated rings. The highest BCUT2D eigenvalue weighted by Gasteiger charge is 2.39. The number of amides is 1. The summed E-state index contributed by atoms with van der Waals surface area (Å²) in [6.45, 7) is 3.45. The number of nitrogens with zero attached hydrogens (tertiary/aromatic N) is 2. The first-order valence-corrected chi connectivity index (χ1v) is 11.6. The number of carboxylic acids is 2. The van der Waals surface area contributed by atoms with E-state index in [4.69, 9.17) is 19.8 Å². The molecule has 15 heteroatoms. The van der Waals surface area contributed by atoms with Gasteiger partial charge in [-0.3, -0.25) is 14.8 Å². The number of carbonyl (C=O) groups excluding carboxylic acids is 1. The molecule has 2 aliphatic carbocycles. The first kappa shape index (κ1) is 31.5. The van der Waals surface area contributed by atoms with Gasteiger partial charge in [0.1, 0.15) is 0 Å². The van der Waals surface area contributed by atoms with E-state index in [0.717, 1.165) is 17.3 Å². The molecule has 39 heavy (non-hydrogen) atoms. The van der Waals surface area contributed by atoms with Crippen LogP contribution in [0.5, 0.6) is 0 Å². The zero-order valence-corrected chi connectivity index (χ0v) is 20.5. The lowest BCUT2D eigenvalue weighted by atomic mass is 10.1. The van der Waals surface area contributed by atoms with E-state index in [1.165, 1.54) is 31.4 Å². The zero-order chi connectivity index (χ0) is 29.4. The number of carbonyl (C=O) groups is 3. The average molecular weight is 564 g/mol.